The Bertz CT molecular complexity index is 747. The summed E-state index contributed by atoms with van der Waals surface area (Å²) < 4.78 is 34.2. The largest absolute Gasteiger partial charge is 0.379 e. The lowest BCUT2D eigenvalue weighted by atomic mass is 10.2. The van der Waals surface area contributed by atoms with E-state index < -0.39 is 10.2 Å². The molecule has 0 bridgehead atoms. The molecule has 7 nitrogen and oxygen atoms in total. The Morgan fingerprint density at radius 1 is 1.04 bits per heavy atom. The molecule has 2 saturated heterocycles. The minimum atomic E-state index is -3.50. The van der Waals surface area contributed by atoms with Crippen LogP contribution < -0.4 is 0 Å². The van der Waals surface area contributed by atoms with Gasteiger partial charge in [0.2, 0.25) is 0 Å². The van der Waals surface area contributed by atoms with Crippen molar-refractivity contribution in [3.63, 3.8) is 0 Å². The van der Waals surface area contributed by atoms with Gasteiger partial charge in [-0.15, -0.1) is 0 Å². The number of hydrogen-bond donors (Lipinski definition) is 0. The van der Waals surface area contributed by atoms with Crippen molar-refractivity contribution in [1.29, 1.82) is 0 Å². The number of ether oxygens (including phenoxy) is 1. The summed E-state index contributed by atoms with van der Waals surface area (Å²) in [5.41, 5.74) is 0.417. The average molecular weight is 453 g/mol. The second kappa shape index (κ2) is 7.89. The molecule has 0 atom stereocenters. The highest BCUT2D eigenvalue weighted by molar-refractivity contribution is 9.10. The summed E-state index contributed by atoms with van der Waals surface area (Å²) in [5, 5.41) is 0.386. The third kappa shape index (κ3) is 4.17. The minimum absolute atomic E-state index is 0.185. The molecule has 138 valence electrons. The van der Waals surface area contributed by atoms with Crippen molar-refractivity contribution in [2.45, 2.75) is 0 Å². The fourth-order valence-electron chi connectivity index (χ4n) is 2.89. The molecule has 2 aliphatic heterocycles. The van der Waals surface area contributed by atoms with Crippen molar-refractivity contribution in [2.75, 3.05) is 52.5 Å². The highest BCUT2D eigenvalue weighted by Crippen LogP contribution is 2.23. The SMILES string of the molecule is O=C(c1cc(Br)ccc1Cl)N1CCN(S(=O)(=O)N2CCOCC2)CC1. The molecular formula is C15H19BrClN3O4S. The summed E-state index contributed by atoms with van der Waals surface area (Å²) in [4.78, 5) is 14.3. The summed E-state index contributed by atoms with van der Waals surface area (Å²) in [6.07, 6.45) is 0. The standard InChI is InChI=1S/C15H19BrClN3O4S/c16-12-1-2-14(17)13(11-12)15(21)18-3-5-19(6-4-18)25(22,23)20-7-9-24-10-8-20/h1-2,11H,3-10H2. The Hall–Kier alpha value is -0.710. The minimum Gasteiger partial charge on any atom is -0.379 e. The van der Waals surface area contributed by atoms with E-state index >= 15 is 0 Å². The molecule has 1 aromatic rings. The summed E-state index contributed by atoms with van der Waals surface area (Å²) in [5.74, 6) is -0.185. The third-order valence-electron chi connectivity index (χ3n) is 4.31. The quantitative estimate of drug-likeness (QED) is 0.696. The Kier molecular flexibility index (Phi) is 6.02. The van der Waals surface area contributed by atoms with E-state index in [-0.39, 0.29) is 19.0 Å². The number of amides is 1. The maximum Gasteiger partial charge on any atom is 0.282 e. The Morgan fingerprint density at radius 2 is 1.64 bits per heavy atom. The monoisotopic (exact) mass is 451 g/mol. The number of hydrogen-bond acceptors (Lipinski definition) is 4. The first-order valence-corrected chi connectivity index (χ1v) is 10.5. The zero-order chi connectivity index (χ0) is 18.0. The van der Waals surface area contributed by atoms with E-state index in [1.165, 1.54) is 8.61 Å². The number of piperazine rings is 1. The van der Waals surface area contributed by atoms with Gasteiger partial charge in [-0.05, 0) is 18.2 Å². The molecule has 0 spiro atoms. The Balaban J connectivity index is 1.65. The summed E-state index contributed by atoms with van der Waals surface area (Å²) in [6, 6.07) is 5.12. The van der Waals surface area contributed by atoms with Gasteiger partial charge in [0.15, 0.2) is 0 Å². The molecule has 2 aliphatic rings. The smallest absolute Gasteiger partial charge is 0.282 e. The van der Waals surface area contributed by atoms with E-state index in [9.17, 15) is 13.2 Å². The molecule has 0 aliphatic carbocycles. The topological polar surface area (TPSA) is 70.2 Å². The van der Waals surface area contributed by atoms with Crippen molar-refractivity contribution >= 4 is 43.6 Å². The van der Waals surface area contributed by atoms with E-state index in [0.29, 0.717) is 50.0 Å². The molecule has 3 rings (SSSR count). The van der Waals surface area contributed by atoms with Crippen LogP contribution in [0, 0.1) is 0 Å². The van der Waals surface area contributed by atoms with Crippen LogP contribution in [0.2, 0.25) is 5.02 Å². The Morgan fingerprint density at radius 3 is 2.28 bits per heavy atom. The van der Waals surface area contributed by atoms with Crippen LogP contribution in [0.4, 0.5) is 0 Å². The first-order chi connectivity index (χ1) is 11.9. The van der Waals surface area contributed by atoms with Crippen LogP contribution in [-0.4, -0.2) is 80.3 Å². The van der Waals surface area contributed by atoms with Gasteiger partial charge < -0.3 is 9.64 Å². The predicted octanol–water partition coefficient (Wildman–Crippen LogP) is 1.44. The van der Waals surface area contributed by atoms with Crippen LogP contribution in [0.3, 0.4) is 0 Å². The molecule has 0 unspecified atom stereocenters. The highest BCUT2D eigenvalue weighted by Gasteiger charge is 2.34. The Labute approximate surface area is 160 Å². The zero-order valence-corrected chi connectivity index (χ0v) is 16.7. The normalized spacial score (nSPS) is 20.6. The van der Waals surface area contributed by atoms with Crippen LogP contribution in [-0.2, 0) is 14.9 Å². The van der Waals surface area contributed by atoms with Crippen LogP contribution in [0.1, 0.15) is 10.4 Å². The van der Waals surface area contributed by atoms with Gasteiger partial charge in [0, 0.05) is 43.7 Å². The molecule has 1 amide bonds. The number of morpholine rings is 1. The van der Waals surface area contributed by atoms with Gasteiger partial charge in [0.1, 0.15) is 0 Å². The third-order valence-corrected chi connectivity index (χ3v) is 7.17. The molecule has 2 heterocycles. The predicted molar refractivity (Wildman–Crippen MR) is 97.9 cm³/mol. The molecule has 25 heavy (non-hydrogen) atoms. The lowest BCUT2D eigenvalue weighted by Crippen LogP contribution is -2.55. The van der Waals surface area contributed by atoms with Crippen molar-refractivity contribution in [3.05, 3.63) is 33.3 Å². The fourth-order valence-corrected chi connectivity index (χ4v) is 5.02. The number of rotatable bonds is 3. The second-order valence-corrected chi connectivity index (χ2v) is 9.09. The highest BCUT2D eigenvalue weighted by atomic mass is 79.9. The van der Waals surface area contributed by atoms with Gasteiger partial charge in [-0.3, -0.25) is 4.79 Å². The van der Waals surface area contributed by atoms with Crippen molar-refractivity contribution in [3.8, 4) is 0 Å². The van der Waals surface area contributed by atoms with Gasteiger partial charge in [-0.1, -0.05) is 27.5 Å². The molecular weight excluding hydrogens is 434 g/mol. The second-order valence-electron chi connectivity index (χ2n) is 5.83. The van der Waals surface area contributed by atoms with E-state index in [1.54, 1.807) is 23.1 Å². The molecule has 10 heteroatoms. The molecule has 1 aromatic carbocycles. The van der Waals surface area contributed by atoms with Gasteiger partial charge >= 0.3 is 0 Å². The van der Waals surface area contributed by atoms with Crippen molar-refractivity contribution < 1.29 is 17.9 Å². The molecule has 0 saturated carbocycles. The van der Waals surface area contributed by atoms with Crippen LogP contribution >= 0.6 is 27.5 Å². The molecule has 0 aromatic heterocycles. The lowest BCUT2D eigenvalue weighted by molar-refractivity contribution is 0.0636. The number of nitrogens with zero attached hydrogens (tertiary/aromatic N) is 3. The fraction of sp³-hybridized carbons (Fsp3) is 0.533. The number of halogens is 2. The van der Waals surface area contributed by atoms with Gasteiger partial charge in [-0.25, -0.2) is 0 Å². The first kappa shape index (κ1) is 19.1. The average Bonchev–Trinajstić information content (AvgIpc) is 2.64. The lowest BCUT2D eigenvalue weighted by Gasteiger charge is -2.37. The first-order valence-electron chi connectivity index (χ1n) is 7.97. The summed E-state index contributed by atoms with van der Waals surface area (Å²) in [7, 11) is -3.50. The van der Waals surface area contributed by atoms with Gasteiger partial charge in [0.25, 0.3) is 16.1 Å². The molecule has 2 fully saturated rings. The van der Waals surface area contributed by atoms with E-state index in [0.717, 1.165) is 4.47 Å². The zero-order valence-electron chi connectivity index (χ0n) is 13.5. The maximum absolute atomic E-state index is 12.7. The van der Waals surface area contributed by atoms with Crippen molar-refractivity contribution in [1.82, 2.24) is 13.5 Å². The molecule has 0 radical (unpaired) electrons. The van der Waals surface area contributed by atoms with Crippen LogP contribution in [0.15, 0.2) is 22.7 Å². The maximum atomic E-state index is 12.7. The van der Waals surface area contributed by atoms with E-state index in [2.05, 4.69) is 15.9 Å². The van der Waals surface area contributed by atoms with Gasteiger partial charge in [-0.2, -0.15) is 17.0 Å². The number of carbonyl (C=O) groups excluding carboxylic acids is 1. The number of benzene rings is 1. The van der Waals surface area contributed by atoms with Crippen LogP contribution in [0.5, 0.6) is 0 Å². The van der Waals surface area contributed by atoms with E-state index in [1.807, 2.05) is 0 Å². The van der Waals surface area contributed by atoms with E-state index in [4.69, 9.17) is 16.3 Å². The summed E-state index contributed by atoms with van der Waals surface area (Å²) >= 11 is 9.46. The van der Waals surface area contributed by atoms with Crippen LogP contribution in [0.25, 0.3) is 0 Å². The van der Waals surface area contributed by atoms with Crippen molar-refractivity contribution in [2.24, 2.45) is 0 Å². The summed E-state index contributed by atoms with van der Waals surface area (Å²) in [6.45, 7) is 2.80. The number of carbonyl (C=O) groups is 1. The molecule has 0 N–H and O–H groups in total. The van der Waals surface area contributed by atoms with Gasteiger partial charge in [0.05, 0.1) is 23.8 Å².